The van der Waals surface area contributed by atoms with E-state index < -0.39 is 20.0 Å². The first kappa shape index (κ1) is 46.9. The monoisotopic (exact) mass is 1060 g/mol. The minimum atomic E-state index is -3.52. The maximum absolute atomic E-state index is 12.9. The SMILES string of the molecule is COc1cc(-c2csc(N3CCN(S(=O)(=O)c4ccc(Br)cc4)CC3)n2)cc(OC)c1OC.Cc1cc(C)c(-c2csc(N3CCN(S(=O)(=O)c4ccc(Br)cc4)CC3)n2)c(C)c1. The number of rotatable bonds is 11. The molecule has 0 unspecified atom stereocenters. The predicted octanol–water partition coefficient (Wildman–Crippen LogP) is 9.12. The number of hydrogen-bond donors (Lipinski definition) is 0. The molecule has 0 bridgehead atoms. The van der Waals surface area contributed by atoms with Gasteiger partial charge in [0, 0.05) is 83.2 Å². The van der Waals surface area contributed by atoms with E-state index in [1.165, 1.54) is 37.9 Å². The van der Waals surface area contributed by atoms with Crippen LogP contribution in [0, 0.1) is 20.8 Å². The second-order valence-corrected chi connectivity index (χ2v) is 22.3. The van der Waals surface area contributed by atoms with Gasteiger partial charge in [0.05, 0.1) is 42.5 Å². The summed E-state index contributed by atoms with van der Waals surface area (Å²) in [6.07, 6.45) is 0. The Morgan fingerprint density at radius 1 is 0.556 bits per heavy atom. The van der Waals surface area contributed by atoms with E-state index in [1.54, 1.807) is 85.5 Å². The third-order valence-corrected chi connectivity index (χ3v) is 17.5. The highest BCUT2D eigenvalue weighted by Crippen LogP contribution is 2.42. The zero-order chi connectivity index (χ0) is 45.1. The Balaban J connectivity index is 0.000000190. The lowest BCUT2D eigenvalue weighted by atomic mass is 9.98. The van der Waals surface area contributed by atoms with Crippen molar-refractivity contribution in [2.24, 2.45) is 0 Å². The molecule has 13 nitrogen and oxygen atoms in total. The van der Waals surface area contributed by atoms with Crippen LogP contribution in [0.4, 0.5) is 10.3 Å². The highest BCUT2D eigenvalue weighted by Gasteiger charge is 2.31. The molecular formula is C44H48Br2N6O7S4. The van der Waals surface area contributed by atoms with Crippen molar-refractivity contribution in [1.82, 2.24) is 18.6 Å². The minimum Gasteiger partial charge on any atom is -0.493 e. The van der Waals surface area contributed by atoms with Crippen molar-refractivity contribution >= 4 is 84.8 Å². The Kier molecular flexibility index (Phi) is 14.9. The molecule has 2 saturated heterocycles. The van der Waals surface area contributed by atoms with Crippen LogP contribution in [-0.2, 0) is 20.0 Å². The molecule has 2 aliphatic rings. The third kappa shape index (κ3) is 10.4. The summed E-state index contributed by atoms with van der Waals surface area (Å²) in [6, 6.07) is 21.6. The lowest BCUT2D eigenvalue weighted by Gasteiger charge is -2.33. The number of halogens is 2. The number of hydrogen-bond acceptors (Lipinski definition) is 13. The van der Waals surface area contributed by atoms with Crippen molar-refractivity contribution in [2.45, 2.75) is 30.6 Å². The second-order valence-electron chi connectivity index (χ2n) is 14.9. The second kappa shape index (κ2) is 20.0. The van der Waals surface area contributed by atoms with Crippen LogP contribution in [0.1, 0.15) is 16.7 Å². The van der Waals surface area contributed by atoms with Crippen LogP contribution < -0.4 is 24.0 Å². The first-order valence-corrected chi connectivity index (χ1v) is 26.2. The van der Waals surface area contributed by atoms with E-state index in [2.05, 4.69) is 79.9 Å². The number of sulfonamides is 2. The van der Waals surface area contributed by atoms with Crippen LogP contribution in [0.25, 0.3) is 22.5 Å². The van der Waals surface area contributed by atoms with E-state index in [1.807, 2.05) is 17.5 Å². The Bertz CT molecular complexity index is 2720. The number of piperazine rings is 2. The van der Waals surface area contributed by atoms with E-state index in [0.29, 0.717) is 79.4 Å². The molecule has 4 heterocycles. The molecule has 63 heavy (non-hydrogen) atoms. The highest BCUT2D eigenvalue weighted by atomic mass is 79.9. The highest BCUT2D eigenvalue weighted by molar-refractivity contribution is 9.10. The van der Waals surface area contributed by atoms with Gasteiger partial charge in [-0.15, -0.1) is 22.7 Å². The molecule has 0 saturated carbocycles. The van der Waals surface area contributed by atoms with Crippen molar-refractivity contribution in [3.05, 3.63) is 109 Å². The fraction of sp³-hybridized carbons (Fsp3) is 0.318. The maximum Gasteiger partial charge on any atom is 0.243 e. The van der Waals surface area contributed by atoms with Gasteiger partial charge in [-0.05, 0) is 92.6 Å². The molecular weight excluding hydrogens is 1010 g/mol. The van der Waals surface area contributed by atoms with Gasteiger partial charge in [0.15, 0.2) is 21.8 Å². The average Bonchev–Trinajstić information content (AvgIpc) is 3.98. The van der Waals surface area contributed by atoms with Gasteiger partial charge in [-0.3, -0.25) is 0 Å². The van der Waals surface area contributed by atoms with Crippen molar-refractivity contribution < 1.29 is 31.0 Å². The van der Waals surface area contributed by atoms with E-state index in [-0.39, 0.29) is 0 Å². The van der Waals surface area contributed by atoms with Crippen molar-refractivity contribution in [3.8, 4) is 39.8 Å². The predicted molar refractivity (Wildman–Crippen MR) is 259 cm³/mol. The summed E-state index contributed by atoms with van der Waals surface area (Å²) in [7, 11) is -2.26. The molecule has 0 amide bonds. The van der Waals surface area contributed by atoms with Crippen LogP contribution in [0.3, 0.4) is 0 Å². The topological polar surface area (TPSA) is 135 Å². The van der Waals surface area contributed by atoms with Gasteiger partial charge in [0.25, 0.3) is 0 Å². The molecule has 4 aromatic carbocycles. The van der Waals surface area contributed by atoms with Crippen LogP contribution in [-0.4, -0.2) is 109 Å². The summed E-state index contributed by atoms with van der Waals surface area (Å²) in [5, 5.41) is 5.87. The van der Waals surface area contributed by atoms with Crippen molar-refractivity contribution in [1.29, 1.82) is 0 Å². The number of anilines is 2. The maximum atomic E-state index is 12.9. The number of aromatic nitrogens is 2. The van der Waals surface area contributed by atoms with Gasteiger partial charge in [0.1, 0.15) is 0 Å². The van der Waals surface area contributed by atoms with E-state index in [4.69, 9.17) is 24.2 Å². The molecule has 0 radical (unpaired) electrons. The van der Waals surface area contributed by atoms with E-state index >= 15 is 0 Å². The van der Waals surface area contributed by atoms with Crippen LogP contribution >= 0.6 is 54.5 Å². The zero-order valence-corrected chi connectivity index (χ0v) is 42.1. The molecule has 2 fully saturated rings. The standard InChI is InChI=1S/C22H24BrN3O5S2.C22H24BrN3O2S2/c1-29-19-12-15(13-20(30-2)21(19)31-3)18-14-32-22(24-18)25-8-10-26(11-9-25)33(27,28)17-6-4-16(23)5-7-17;1-15-12-16(2)21(17(3)13-15)20-14-29-22(24-20)25-8-10-26(11-9-25)30(27,28)19-6-4-18(23)5-7-19/h4-7,12-14H,8-11H2,1-3H3;4-7,12-14H,8-11H2,1-3H3. The van der Waals surface area contributed by atoms with Gasteiger partial charge >= 0.3 is 0 Å². The number of methoxy groups -OCH3 is 3. The molecule has 0 spiro atoms. The molecule has 2 aromatic heterocycles. The lowest BCUT2D eigenvalue weighted by molar-refractivity contribution is 0.324. The molecule has 8 rings (SSSR count). The Morgan fingerprint density at radius 3 is 1.35 bits per heavy atom. The molecule has 19 heteroatoms. The fourth-order valence-corrected chi connectivity index (χ4v) is 12.8. The molecule has 0 aliphatic carbocycles. The minimum absolute atomic E-state index is 0.304. The first-order chi connectivity index (χ1) is 30.1. The van der Waals surface area contributed by atoms with Gasteiger partial charge in [-0.2, -0.15) is 8.61 Å². The molecule has 2 aliphatic heterocycles. The molecule has 334 valence electrons. The van der Waals surface area contributed by atoms with Crippen LogP contribution in [0.2, 0.25) is 0 Å². The molecule has 0 N–H and O–H groups in total. The van der Waals surface area contributed by atoms with Crippen molar-refractivity contribution in [3.63, 3.8) is 0 Å². The average molecular weight is 1060 g/mol. The van der Waals surface area contributed by atoms with Crippen molar-refractivity contribution in [2.75, 3.05) is 83.5 Å². The van der Waals surface area contributed by atoms with Crippen LogP contribution in [0.5, 0.6) is 17.2 Å². The molecule has 0 atom stereocenters. The normalized spacial score (nSPS) is 15.2. The summed E-state index contributed by atoms with van der Waals surface area (Å²) in [5.41, 5.74) is 7.55. The summed E-state index contributed by atoms with van der Waals surface area (Å²) in [5.74, 6) is 1.66. The zero-order valence-electron chi connectivity index (χ0n) is 35.7. The summed E-state index contributed by atoms with van der Waals surface area (Å²) in [6.45, 7) is 10.5. The van der Waals surface area contributed by atoms with Gasteiger partial charge in [-0.1, -0.05) is 49.6 Å². The summed E-state index contributed by atoms with van der Waals surface area (Å²) in [4.78, 5) is 14.6. The smallest absolute Gasteiger partial charge is 0.243 e. The number of benzene rings is 4. The number of thiazole rings is 2. The first-order valence-electron chi connectivity index (χ1n) is 19.9. The Labute approximate surface area is 394 Å². The van der Waals surface area contributed by atoms with Crippen LogP contribution in [0.15, 0.2) is 102 Å². The fourth-order valence-electron chi connectivity index (χ4n) is 7.63. The largest absolute Gasteiger partial charge is 0.493 e. The summed E-state index contributed by atoms with van der Waals surface area (Å²) < 4.78 is 72.8. The third-order valence-electron chi connectivity index (χ3n) is 10.8. The number of aryl methyl sites for hydroxylation is 3. The number of ether oxygens (including phenoxy) is 3. The molecule has 6 aromatic rings. The van der Waals surface area contributed by atoms with E-state index in [0.717, 1.165) is 36.2 Å². The van der Waals surface area contributed by atoms with Gasteiger partial charge < -0.3 is 24.0 Å². The Hall–Kier alpha value is -4.08. The lowest BCUT2D eigenvalue weighted by Crippen LogP contribution is -2.48. The summed E-state index contributed by atoms with van der Waals surface area (Å²) >= 11 is 9.84. The van der Waals surface area contributed by atoms with Gasteiger partial charge in [0.2, 0.25) is 25.8 Å². The number of nitrogens with zero attached hydrogens (tertiary/aromatic N) is 6. The van der Waals surface area contributed by atoms with E-state index in [9.17, 15) is 16.8 Å². The van der Waals surface area contributed by atoms with Gasteiger partial charge in [-0.25, -0.2) is 26.8 Å². The quantitative estimate of drug-likeness (QED) is 0.123. The Morgan fingerprint density at radius 2 is 0.952 bits per heavy atom.